The number of nitrogens with one attached hydrogen (secondary N) is 1. The SMILES string of the molecule is O[C@@H](CN1CCNCC1)[C@@H](c1ccccc1)n1ccc2ccccc21. The molecule has 4 heteroatoms. The van der Waals surface area contributed by atoms with E-state index < -0.39 is 6.10 Å². The summed E-state index contributed by atoms with van der Waals surface area (Å²) >= 11 is 0. The van der Waals surface area contributed by atoms with Crippen LogP contribution in [0.5, 0.6) is 0 Å². The Labute approximate surface area is 148 Å². The lowest BCUT2D eigenvalue weighted by atomic mass is 10.00. The highest BCUT2D eigenvalue weighted by Crippen LogP contribution is 2.28. The van der Waals surface area contributed by atoms with Gasteiger partial charge in [-0.05, 0) is 23.1 Å². The van der Waals surface area contributed by atoms with E-state index >= 15 is 0 Å². The summed E-state index contributed by atoms with van der Waals surface area (Å²) < 4.78 is 2.22. The third-order valence-corrected chi connectivity index (χ3v) is 5.09. The van der Waals surface area contributed by atoms with Crippen molar-refractivity contribution in [2.45, 2.75) is 12.1 Å². The number of β-amino-alcohol motifs (C(OH)–C–C–N with tert-alkyl or cyclic N) is 1. The molecule has 0 spiro atoms. The first-order valence-electron chi connectivity index (χ1n) is 9.04. The van der Waals surface area contributed by atoms with Crippen LogP contribution in [-0.2, 0) is 0 Å². The second kappa shape index (κ2) is 7.40. The van der Waals surface area contributed by atoms with Gasteiger partial charge in [-0.3, -0.25) is 4.90 Å². The summed E-state index contributed by atoms with van der Waals surface area (Å²) in [5.41, 5.74) is 2.31. The number of para-hydroxylation sites is 1. The van der Waals surface area contributed by atoms with Gasteiger partial charge in [-0.1, -0.05) is 48.5 Å². The number of hydrogen-bond donors (Lipinski definition) is 2. The van der Waals surface area contributed by atoms with Gasteiger partial charge in [-0.15, -0.1) is 0 Å². The molecule has 3 aromatic rings. The van der Waals surface area contributed by atoms with E-state index in [1.807, 2.05) is 18.2 Å². The molecule has 2 atom stereocenters. The molecular formula is C21H25N3O. The number of aliphatic hydroxyl groups excluding tert-OH is 1. The molecule has 4 nitrogen and oxygen atoms in total. The fourth-order valence-electron chi connectivity index (χ4n) is 3.82. The predicted octanol–water partition coefficient (Wildman–Crippen LogP) is 2.50. The van der Waals surface area contributed by atoms with Crippen molar-refractivity contribution in [2.75, 3.05) is 32.7 Å². The zero-order valence-corrected chi connectivity index (χ0v) is 14.4. The third-order valence-electron chi connectivity index (χ3n) is 5.09. The highest BCUT2D eigenvalue weighted by molar-refractivity contribution is 5.80. The minimum absolute atomic E-state index is 0.0871. The largest absolute Gasteiger partial charge is 0.389 e. The van der Waals surface area contributed by atoms with Crippen LogP contribution in [0.15, 0.2) is 66.9 Å². The zero-order valence-electron chi connectivity index (χ0n) is 14.4. The van der Waals surface area contributed by atoms with Gasteiger partial charge in [-0.2, -0.15) is 0 Å². The van der Waals surface area contributed by atoms with Crippen molar-refractivity contribution in [2.24, 2.45) is 0 Å². The molecule has 130 valence electrons. The van der Waals surface area contributed by atoms with Crippen LogP contribution in [-0.4, -0.2) is 53.4 Å². The van der Waals surface area contributed by atoms with Crippen molar-refractivity contribution in [3.05, 3.63) is 72.4 Å². The van der Waals surface area contributed by atoms with Crippen LogP contribution < -0.4 is 5.32 Å². The molecule has 0 radical (unpaired) electrons. The number of aromatic nitrogens is 1. The Morgan fingerprint density at radius 2 is 1.64 bits per heavy atom. The Hall–Kier alpha value is -2.14. The number of benzene rings is 2. The maximum atomic E-state index is 11.2. The van der Waals surface area contributed by atoms with Crippen LogP contribution in [0.1, 0.15) is 11.6 Å². The van der Waals surface area contributed by atoms with Crippen LogP contribution in [0.3, 0.4) is 0 Å². The van der Waals surface area contributed by atoms with Gasteiger partial charge in [0.05, 0.1) is 12.1 Å². The molecule has 2 N–H and O–H groups in total. The number of nitrogens with zero attached hydrogens (tertiary/aromatic N) is 2. The molecule has 2 heterocycles. The molecule has 0 amide bonds. The average molecular weight is 335 g/mol. The van der Waals surface area contributed by atoms with Gasteiger partial charge in [0.15, 0.2) is 0 Å². The standard InChI is InChI=1S/C21H25N3O/c25-20(16-23-14-11-22-12-15-23)21(18-7-2-1-3-8-18)24-13-10-17-6-4-5-9-19(17)24/h1-10,13,20-22,25H,11-12,14-16H2/t20-,21+/m0/s1. The summed E-state index contributed by atoms with van der Waals surface area (Å²) in [4.78, 5) is 2.35. The summed E-state index contributed by atoms with van der Waals surface area (Å²) in [6.07, 6.45) is 1.64. The van der Waals surface area contributed by atoms with E-state index in [-0.39, 0.29) is 6.04 Å². The summed E-state index contributed by atoms with van der Waals surface area (Å²) in [7, 11) is 0. The third kappa shape index (κ3) is 3.47. The first kappa shape index (κ1) is 16.3. The molecule has 4 rings (SSSR count). The average Bonchev–Trinajstić information content (AvgIpc) is 3.08. The molecule has 0 bridgehead atoms. The molecule has 1 aliphatic rings. The molecule has 1 aromatic heterocycles. The summed E-state index contributed by atoms with van der Waals surface area (Å²) in [5, 5.41) is 15.7. The van der Waals surface area contributed by atoms with Crippen molar-refractivity contribution < 1.29 is 5.11 Å². The molecule has 0 aliphatic carbocycles. The lowest BCUT2D eigenvalue weighted by Gasteiger charge is -2.33. The molecule has 2 aromatic carbocycles. The smallest absolute Gasteiger partial charge is 0.0915 e. The maximum absolute atomic E-state index is 11.2. The molecule has 1 fully saturated rings. The fourth-order valence-corrected chi connectivity index (χ4v) is 3.82. The van der Waals surface area contributed by atoms with Crippen molar-refractivity contribution >= 4 is 10.9 Å². The number of piperazine rings is 1. The Balaban J connectivity index is 1.69. The van der Waals surface area contributed by atoms with E-state index in [1.165, 1.54) is 5.39 Å². The van der Waals surface area contributed by atoms with Gasteiger partial charge in [0.2, 0.25) is 0 Å². The second-order valence-corrected chi connectivity index (χ2v) is 6.76. The minimum atomic E-state index is -0.462. The Morgan fingerprint density at radius 3 is 2.44 bits per heavy atom. The van der Waals surface area contributed by atoms with Crippen molar-refractivity contribution in [3.8, 4) is 0 Å². The van der Waals surface area contributed by atoms with Crippen molar-refractivity contribution in [1.29, 1.82) is 0 Å². The lowest BCUT2D eigenvalue weighted by Crippen LogP contribution is -2.47. The van der Waals surface area contributed by atoms with Crippen LogP contribution >= 0.6 is 0 Å². The number of fused-ring (bicyclic) bond motifs is 1. The van der Waals surface area contributed by atoms with E-state index in [4.69, 9.17) is 0 Å². The lowest BCUT2D eigenvalue weighted by molar-refractivity contribution is 0.0766. The molecular weight excluding hydrogens is 310 g/mol. The van der Waals surface area contributed by atoms with E-state index in [0.717, 1.165) is 37.3 Å². The predicted molar refractivity (Wildman–Crippen MR) is 102 cm³/mol. The number of rotatable bonds is 5. The molecule has 0 unspecified atom stereocenters. The van der Waals surface area contributed by atoms with E-state index in [1.54, 1.807) is 0 Å². The molecule has 1 aliphatic heterocycles. The van der Waals surface area contributed by atoms with Gasteiger partial charge in [0.25, 0.3) is 0 Å². The number of hydrogen-bond acceptors (Lipinski definition) is 3. The van der Waals surface area contributed by atoms with Gasteiger partial charge < -0.3 is 15.0 Å². The molecule has 25 heavy (non-hydrogen) atoms. The first-order chi connectivity index (χ1) is 12.3. The van der Waals surface area contributed by atoms with E-state index in [2.05, 4.69) is 63.4 Å². The normalized spacial score (nSPS) is 18.3. The van der Waals surface area contributed by atoms with E-state index in [9.17, 15) is 5.11 Å². The monoisotopic (exact) mass is 335 g/mol. The number of aliphatic hydroxyl groups is 1. The van der Waals surface area contributed by atoms with Crippen molar-refractivity contribution in [1.82, 2.24) is 14.8 Å². The highest BCUT2D eigenvalue weighted by Gasteiger charge is 2.26. The van der Waals surface area contributed by atoms with Gasteiger partial charge in [0.1, 0.15) is 0 Å². The van der Waals surface area contributed by atoms with Gasteiger partial charge in [-0.25, -0.2) is 0 Å². The highest BCUT2D eigenvalue weighted by atomic mass is 16.3. The molecule has 0 saturated carbocycles. The Morgan fingerprint density at radius 1 is 0.920 bits per heavy atom. The van der Waals surface area contributed by atoms with Crippen LogP contribution in [0.2, 0.25) is 0 Å². The summed E-state index contributed by atoms with van der Waals surface area (Å²) in [6, 6.07) is 20.7. The van der Waals surface area contributed by atoms with E-state index in [0.29, 0.717) is 6.54 Å². The zero-order chi connectivity index (χ0) is 17.1. The summed E-state index contributed by atoms with van der Waals surface area (Å²) in [6.45, 7) is 4.66. The topological polar surface area (TPSA) is 40.4 Å². The fraction of sp³-hybridized carbons (Fsp3) is 0.333. The van der Waals surface area contributed by atoms with Crippen LogP contribution in [0, 0.1) is 0 Å². The van der Waals surface area contributed by atoms with Gasteiger partial charge in [0, 0.05) is 44.4 Å². The quantitative estimate of drug-likeness (QED) is 0.753. The first-order valence-corrected chi connectivity index (χ1v) is 9.04. The van der Waals surface area contributed by atoms with Crippen LogP contribution in [0.4, 0.5) is 0 Å². The minimum Gasteiger partial charge on any atom is -0.389 e. The Bertz CT molecular complexity index is 808. The molecule has 1 saturated heterocycles. The second-order valence-electron chi connectivity index (χ2n) is 6.76. The summed E-state index contributed by atoms with van der Waals surface area (Å²) in [5.74, 6) is 0. The maximum Gasteiger partial charge on any atom is 0.0915 e. The van der Waals surface area contributed by atoms with Crippen LogP contribution in [0.25, 0.3) is 10.9 Å². The van der Waals surface area contributed by atoms with Gasteiger partial charge >= 0.3 is 0 Å². The Kier molecular flexibility index (Phi) is 4.83. The van der Waals surface area contributed by atoms with Crippen molar-refractivity contribution in [3.63, 3.8) is 0 Å².